The summed E-state index contributed by atoms with van der Waals surface area (Å²) in [5.74, 6) is 0.701. The number of nitrogens with zero attached hydrogens (tertiary/aromatic N) is 1. The third kappa shape index (κ3) is 2.58. The zero-order valence-corrected chi connectivity index (χ0v) is 9.70. The van der Waals surface area contributed by atoms with E-state index in [2.05, 4.69) is 63.2 Å². The van der Waals surface area contributed by atoms with E-state index in [1.807, 2.05) is 0 Å². The van der Waals surface area contributed by atoms with Crippen LogP contribution in [-0.4, -0.2) is 19.0 Å². The first-order chi connectivity index (χ1) is 6.66. The van der Waals surface area contributed by atoms with Gasteiger partial charge in [0.1, 0.15) is 0 Å². The van der Waals surface area contributed by atoms with Gasteiger partial charge in [-0.05, 0) is 25.6 Å². The molecule has 0 radical (unpaired) electrons. The van der Waals surface area contributed by atoms with Crippen LogP contribution < -0.4 is 0 Å². The Morgan fingerprint density at radius 3 is 2.14 bits per heavy atom. The fourth-order valence-electron chi connectivity index (χ4n) is 2.01. The fourth-order valence-corrected chi connectivity index (χ4v) is 2.01. The van der Waals surface area contributed by atoms with E-state index < -0.39 is 0 Å². The molecule has 0 aliphatic rings. The maximum Gasteiger partial charge on any atom is 0.0367 e. The third-order valence-electron chi connectivity index (χ3n) is 2.88. The lowest BCUT2D eigenvalue weighted by molar-refractivity contribution is 0.219. The smallest absolute Gasteiger partial charge is 0.0367 e. The van der Waals surface area contributed by atoms with Crippen molar-refractivity contribution in [1.82, 2.24) is 4.90 Å². The molecule has 0 spiro atoms. The summed E-state index contributed by atoms with van der Waals surface area (Å²) in [6.07, 6.45) is 1.22. The molecule has 1 nitrogen and oxygen atoms in total. The second-order valence-corrected chi connectivity index (χ2v) is 4.20. The summed E-state index contributed by atoms with van der Waals surface area (Å²) in [4.78, 5) is 2.31. The lowest BCUT2D eigenvalue weighted by atomic mass is 9.92. The van der Waals surface area contributed by atoms with Crippen LogP contribution in [0.2, 0.25) is 0 Å². The Morgan fingerprint density at radius 2 is 1.71 bits per heavy atom. The molecule has 0 amide bonds. The molecule has 0 saturated carbocycles. The monoisotopic (exact) mass is 191 g/mol. The van der Waals surface area contributed by atoms with Gasteiger partial charge in [-0.1, -0.05) is 50.6 Å². The summed E-state index contributed by atoms with van der Waals surface area (Å²) in [6.45, 7) is 4.57. The summed E-state index contributed by atoms with van der Waals surface area (Å²) in [5.41, 5.74) is 1.42. The minimum atomic E-state index is 0.543. The van der Waals surface area contributed by atoms with Crippen molar-refractivity contribution in [3.05, 3.63) is 35.9 Å². The Hall–Kier alpha value is -0.820. The molecule has 0 saturated heterocycles. The van der Waals surface area contributed by atoms with Crippen LogP contribution in [0.15, 0.2) is 30.3 Å². The number of hydrogen-bond acceptors (Lipinski definition) is 1. The van der Waals surface area contributed by atoms with Crippen molar-refractivity contribution >= 4 is 0 Å². The molecule has 78 valence electrons. The van der Waals surface area contributed by atoms with Crippen molar-refractivity contribution < 1.29 is 0 Å². The normalized spacial score (nSPS) is 15.5. The molecule has 0 fully saturated rings. The highest BCUT2D eigenvalue weighted by Gasteiger charge is 2.19. The molecule has 14 heavy (non-hydrogen) atoms. The summed E-state index contributed by atoms with van der Waals surface area (Å²) < 4.78 is 0. The molecule has 0 aliphatic heterocycles. The average Bonchev–Trinajstić information content (AvgIpc) is 2.19. The van der Waals surface area contributed by atoms with Crippen molar-refractivity contribution in [2.75, 3.05) is 14.1 Å². The quantitative estimate of drug-likeness (QED) is 0.705. The Morgan fingerprint density at radius 1 is 1.14 bits per heavy atom. The van der Waals surface area contributed by atoms with E-state index in [0.29, 0.717) is 12.0 Å². The van der Waals surface area contributed by atoms with Gasteiger partial charge >= 0.3 is 0 Å². The van der Waals surface area contributed by atoms with Crippen LogP contribution in [0.25, 0.3) is 0 Å². The SMILES string of the molecule is CC[C@@H](C)[C@H](c1ccccc1)N(C)C. The average molecular weight is 191 g/mol. The van der Waals surface area contributed by atoms with Gasteiger partial charge in [0.15, 0.2) is 0 Å². The van der Waals surface area contributed by atoms with Crippen molar-refractivity contribution in [2.24, 2.45) is 5.92 Å². The number of hydrogen-bond donors (Lipinski definition) is 0. The van der Waals surface area contributed by atoms with Gasteiger partial charge in [0.2, 0.25) is 0 Å². The van der Waals surface area contributed by atoms with Crippen LogP contribution in [0.4, 0.5) is 0 Å². The van der Waals surface area contributed by atoms with Crippen LogP contribution in [0, 0.1) is 5.92 Å². The first-order valence-electron chi connectivity index (χ1n) is 5.38. The van der Waals surface area contributed by atoms with E-state index in [4.69, 9.17) is 0 Å². The van der Waals surface area contributed by atoms with E-state index in [1.54, 1.807) is 0 Å². The standard InChI is InChI=1S/C13H21N/c1-5-11(2)13(14(3)4)12-9-7-6-8-10-12/h6-11,13H,5H2,1-4H3/t11-,13-/m1/s1. The first-order valence-corrected chi connectivity index (χ1v) is 5.38. The molecular formula is C13H21N. The Kier molecular flexibility index (Phi) is 4.15. The van der Waals surface area contributed by atoms with E-state index in [-0.39, 0.29) is 0 Å². The van der Waals surface area contributed by atoms with E-state index >= 15 is 0 Å². The van der Waals surface area contributed by atoms with E-state index in [0.717, 1.165) is 0 Å². The van der Waals surface area contributed by atoms with Gasteiger partial charge in [-0.2, -0.15) is 0 Å². The third-order valence-corrected chi connectivity index (χ3v) is 2.88. The van der Waals surface area contributed by atoms with E-state index in [9.17, 15) is 0 Å². The van der Waals surface area contributed by atoms with Crippen molar-refractivity contribution in [3.8, 4) is 0 Å². The maximum atomic E-state index is 2.32. The van der Waals surface area contributed by atoms with Crippen molar-refractivity contribution in [1.29, 1.82) is 0 Å². The van der Waals surface area contributed by atoms with Gasteiger partial charge in [-0.3, -0.25) is 0 Å². The molecular weight excluding hydrogens is 170 g/mol. The molecule has 1 aromatic carbocycles. The first kappa shape index (κ1) is 11.3. The molecule has 0 bridgehead atoms. The van der Waals surface area contributed by atoms with Crippen molar-refractivity contribution in [3.63, 3.8) is 0 Å². The van der Waals surface area contributed by atoms with Crippen molar-refractivity contribution in [2.45, 2.75) is 26.3 Å². The van der Waals surface area contributed by atoms with Crippen LogP contribution in [0.1, 0.15) is 31.9 Å². The molecule has 0 heterocycles. The molecule has 0 aromatic heterocycles. The second kappa shape index (κ2) is 5.16. The van der Waals surface area contributed by atoms with Gasteiger partial charge in [0.25, 0.3) is 0 Å². The lowest BCUT2D eigenvalue weighted by Gasteiger charge is -2.30. The highest BCUT2D eigenvalue weighted by molar-refractivity contribution is 5.19. The highest BCUT2D eigenvalue weighted by atomic mass is 15.1. The summed E-state index contributed by atoms with van der Waals surface area (Å²) in [7, 11) is 4.31. The summed E-state index contributed by atoms with van der Waals surface area (Å²) in [6, 6.07) is 11.3. The van der Waals surface area contributed by atoms with Gasteiger partial charge in [0.05, 0.1) is 0 Å². The molecule has 1 rings (SSSR count). The minimum Gasteiger partial charge on any atom is -0.302 e. The topological polar surface area (TPSA) is 3.24 Å². The molecule has 0 unspecified atom stereocenters. The molecule has 2 atom stereocenters. The van der Waals surface area contributed by atoms with Gasteiger partial charge in [-0.25, -0.2) is 0 Å². The predicted octanol–water partition coefficient (Wildman–Crippen LogP) is 3.34. The predicted molar refractivity (Wildman–Crippen MR) is 62.3 cm³/mol. The van der Waals surface area contributed by atoms with Gasteiger partial charge in [0, 0.05) is 6.04 Å². The fraction of sp³-hybridized carbons (Fsp3) is 0.538. The summed E-state index contributed by atoms with van der Waals surface area (Å²) in [5, 5.41) is 0. The van der Waals surface area contributed by atoms with Crippen LogP contribution in [0.5, 0.6) is 0 Å². The largest absolute Gasteiger partial charge is 0.302 e. The molecule has 0 N–H and O–H groups in total. The van der Waals surface area contributed by atoms with E-state index in [1.165, 1.54) is 12.0 Å². The molecule has 1 heteroatoms. The van der Waals surface area contributed by atoms with Gasteiger partial charge < -0.3 is 4.90 Å². The minimum absolute atomic E-state index is 0.543. The second-order valence-electron chi connectivity index (χ2n) is 4.20. The Bertz CT molecular complexity index is 253. The van der Waals surface area contributed by atoms with Crippen LogP contribution >= 0.6 is 0 Å². The number of rotatable bonds is 4. The maximum absolute atomic E-state index is 2.32. The zero-order valence-electron chi connectivity index (χ0n) is 9.70. The summed E-state index contributed by atoms with van der Waals surface area (Å²) >= 11 is 0. The van der Waals surface area contributed by atoms with Crippen LogP contribution in [0.3, 0.4) is 0 Å². The Balaban J connectivity index is 2.89. The Labute approximate surface area is 87.7 Å². The molecule has 1 aromatic rings. The number of benzene rings is 1. The van der Waals surface area contributed by atoms with Gasteiger partial charge in [-0.15, -0.1) is 0 Å². The van der Waals surface area contributed by atoms with Crippen LogP contribution in [-0.2, 0) is 0 Å². The molecule has 0 aliphatic carbocycles. The zero-order chi connectivity index (χ0) is 10.6. The highest BCUT2D eigenvalue weighted by Crippen LogP contribution is 2.28. The lowest BCUT2D eigenvalue weighted by Crippen LogP contribution is -2.25.